The summed E-state index contributed by atoms with van der Waals surface area (Å²) >= 11 is 1.26. The Bertz CT molecular complexity index is 1750. The molecule has 0 atom stereocenters. The van der Waals surface area contributed by atoms with Crippen LogP contribution in [0.2, 0.25) is 0 Å². The van der Waals surface area contributed by atoms with E-state index >= 15 is 0 Å². The first kappa shape index (κ1) is 36.5. The molecule has 0 radical (unpaired) electrons. The van der Waals surface area contributed by atoms with Crippen LogP contribution >= 0.6 is 11.3 Å². The smallest absolute Gasteiger partial charge is 0.369 e. The van der Waals surface area contributed by atoms with Crippen LogP contribution in [0.4, 0.5) is 17.2 Å². The number of hydrogen-bond acceptors (Lipinski definition) is 15. The Labute approximate surface area is 298 Å². The van der Waals surface area contributed by atoms with E-state index in [0.29, 0.717) is 58.3 Å². The molecule has 6 rings (SSSR count). The lowest BCUT2D eigenvalue weighted by Gasteiger charge is -2.42. The highest BCUT2D eigenvalue weighted by atomic mass is 32.1. The molecular formula is C33H43N9O8S. The van der Waals surface area contributed by atoms with E-state index in [-0.39, 0.29) is 35.8 Å². The normalized spacial score (nSPS) is 17.6. The molecule has 1 saturated carbocycles. The van der Waals surface area contributed by atoms with Crippen molar-refractivity contribution >= 4 is 46.3 Å². The number of aliphatic hydroxyl groups excluding tert-OH is 1. The average Bonchev–Trinajstić information content (AvgIpc) is 3.89. The first-order valence-electron chi connectivity index (χ1n) is 16.9. The molecule has 0 unspecified atom stereocenters. The number of thiazole rings is 1. The number of carbonyl (C=O) groups is 3. The van der Waals surface area contributed by atoms with E-state index in [2.05, 4.69) is 30.6 Å². The predicted octanol–water partition coefficient (Wildman–Crippen LogP) is 0.542. The van der Waals surface area contributed by atoms with Crippen molar-refractivity contribution in [1.82, 2.24) is 35.2 Å². The van der Waals surface area contributed by atoms with Gasteiger partial charge in [0.1, 0.15) is 9.88 Å². The molecule has 2 saturated heterocycles. The summed E-state index contributed by atoms with van der Waals surface area (Å²) in [6, 6.07) is 6.97. The van der Waals surface area contributed by atoms with Gasteiger partial charge in [-0.3, -0.25) is 29.5 Å². The molecule has 3 fully saturated rings. The van der Waals surface area contributed by atoms with Crippen molar-refractivity contribution in [2.45, 2.75) is 44.7 Å². The van der Waals surface area contributed by atoms with Crippen LogP contribution < -0.4 is 20.7 Å². The highest BCUT2D eigenvalue weighted by Crippen LogP contribution is 2.41. The van der Waals surface area contributed by atoms with Crippen LogP contribution in [0, 0.1) is 12.8 Å². The van der Waals surface area contributed by atoms with Crippen molar-refractivity contribution in [3.8, 4) is 16.3 Å². The molecule has 17 nitrogen and oxygen atoms in total. The van der Waals surface area contributed by atoms with Gasteiger partial charge >= 0.3 is 6.10 Å². The number of para-hydroxylation sites is 1. The number of piperazine rings is 1. The number of rotatable bonds is 12. The number of aromatic nitrogens is 3. The minimum Gasteiger partial charge on any atom is -0.494 e. The number of nitrogens with zero attached hydrogens (tertiary/aromatic N) is 6. The number of carbonyl (C=O) groups excluding carboxylic acids is 3. The zero-order valence-electron chi connectivity index (χ0n) is 28.5. The Kier molecular flexibility index (Phi) is 11.1. The Morgan fingerprint density at radius 3 is 2.37 bits per heavy atom. The Balaban J connectivity index is 1.19. The van der Waals surface area contributed by atoms with Gasteiger partial charge in [0.25, 0.3) is 11.8 Å². The second-order valence-electron chi connectivity index (χ2n) is 12.9. The van der Waals surface area contributed by atoms with Crippen molar-refractivity contribution in [1.29, 1.82) is 0 Å². The van der Waals surface area contributed by atoms with Gasteiger partial charge in [-0.25, -0.2) is 4.98 Å². The summed E-state index contributed by atoms with van der Waals surface area (Å²) in [6.45, 7) is 7.79. The third kappa shape index (κ3) is 8.78. The summed E-state index contributed by atoms with van der Waals surface area (Å²) in [5.74, 6) is -1.23. The number of nitrogens with one attached hydrogen (secondary N) is 3. The SMILES string of the molecule is COc1c(Nc2cc(NC(=O)C3CC3)nnc2C(=O)NC(O)(O)O)cccc1-c1nc(C)c(C(=O)N2CCC(N3CCN(CCO)CC3)CC2)s1. The van der Waals surface area contributed by atoms with Crippen molar-refractivity contribution in [3.05, 3.63) is 40.5 Å². The maximum absolute atomic E-state index is 13.8. The first-order chi connectivity index (χ1) is 24.4. The minimum atomic E-state index is -3.52. The number of benzene rings is 1. The van der Waals surface area contributed by atoms with Gasteiger partial charge in [-0.15, -0.1) is 21.5 Å². The summed E-state index contributed by atoms with van der Waals surface area (Å²) in [6.07, 6.45) is -0.217. The van der Waals surface area contributed by atoms with E-state index in [1.165, 1.54) is 24.5 Å². The average molecular weight is 726 g/mol. The zero-order valence-corrected chi connectivity index (χ0v) is 29.3. The van der Waals surface area contributed by atoms with Gasteiger partial charge < -0.3 is 40.7 Å². The van der Waals surface area contributed by atoms with Crippen LogP contribution in [0.15, 0.2) is 24.3 Å². The van der Waals surface area contributed by atoms with E-state index in [4.69, 9.17) is 9.72 Å². The van der Waals surface area contributed by atoms with Gasteiger partial charge in [0.15, 0.2) is 17.3 Å². The van der Waals surface area contributed by atoms with Crippen molar-refractivity contribution in [3.63, 3.8) is 0 Å². The molecule has 0 bridgehead atoms. The number of anilines is 3. The summed E-state index contributed by atoms with van der Waals surface area (Å²) in [5, 5.41) is 52.9. The molecule has 0 spiro atoms. The van der Waals surface area contributed by atoms with Crippen LogP contribution in [0.5, 0.6) is 5.75 Å². The molecule has 1 aliphatic carbocycles. The molecule has 274 valence electrons. The maximum Gasteiger partial charge on any atom is 0.369 e. The summed E-state index contributed by atoms with van der Waals surface area (Å²) in [5.41, 5.74) is 1.12. The number of aliphatic hydroxyl groups is 4. The fraction of sp³-hybridized carbons (Fsp3) is 0.515. The molecule has 18 heteroatoms. The van der Waals surface area contributed by atoms with E-state index in [0.717, 1.165) is 51.9 Å². The highest BCUT2D eigenvalue weighted by molar-refractivity contribution is 7.17. The second kappa shape index (κ2) is 15.5. The monoisotopic (exact) mass is 725 g/mol. The van der Waals surface area contributed by atoms with Gasteiger partial charge in [0.2, 0.25) is 5.91 Å². The number of ether oxygens (including phenoxy) is 1. The Morgan fingerprint density at radius 1 is 1.00 bits per heavy atom. The largest absolute Gasteiger partial charge is 0.494 e. The quantitative estimate of drug-likeness (QED) is 0.127. The Hall–Kier alpha value is -4.30. The predicted molar refractivity (Wildman–Crippen MR) is 186 cm³/mol. The Morgan fingerprint density at radius 2 is 1.73 bits per heavy atom. The van der Waals surface area contributed by atoms with Crippen molar-refractivity contribution in [2.75, 3.05) is 70.2 Å². The van der Waals surface area contributed by atoms with Crippen LogP contribution in [-0.4, -0.2) is 140 Å². The molecule has 7 N–H and O–H groups in total. The summed E-state index contributed by atoms with van der Waals surface area (Å²) in [4.78, 5) is 50.9. The number of piperidine rings is 1. The molecule has 1 aromatic carbocycles. The molecule has 3 aromatic rings. The highest BCUT2D eigenvalue weighted by Gasteiger charge is 2.33. The molecule has 2 aromatic heterocycles. The number of likely N-dealkylation sites (tertiary alicyclic amines) is 1. The number of amides is 3. The molecule has 51 heavy (non-hydrogen) atoms. The van der Waals surface area contributed by atoms with E-state index in [9.17, 15) is 34.8 Å². The van der Waals surface area contributed by atoms with Crippen LogP contribution in [0.25, 0.3) is 10.6 Å². The number of β-amino-alcohol motifs (C(OH)–C–C–N with tert-alkyl or cyclic N) is 1. The molecule has 3 aliphatic rings. The second-order valence-corrected chi connectivity index (χ2v) is 13.9. The minimum absolute atomic E-state index is 0.00919. The standard InChI is InChI=1S/C33H43N9O8S/c1-19-28(32(46)42-10-8-21(9-11-42)41-14-12-40(13-15-41)16-17-43)51-31(34-19)22-4-3-5-23(27(22)50-2)35-24-18-25(36-29(44)20-6-7-20)38-39-26(24)30(45)37-33(47,48)49/h3-5,18,20-21,43,47-49H,6-17H2,1-2H3,(H,37,45)(H2,35,36,38,44). The summed E-state index contributed by atoms with van der Waals surface area (Å²) < 4.78 is 5.80. The van der Waals surface area contributed by atoms with Crippen LogP contribution in [0.1, 0.15) is 51.5 Å². The lowest BCUT2D eigenvalue weighted by atomic mass is 10.0. The third-order valence-electron chi connectivity index (χ3n) is 9.29. The van der Waals surface area contributed by atoms with Gasteiger partial charge in [-0.1, -0.05) is 6.07 Å². The van der Waals surface area contributed by atoms with E-state index in [1.807, 2.05) is 4.90 Å². The van der Waals surface area contributed by atoms with Gasteiger partial charge in [0, 0.05) is 63.8 Å². The zero-order chi connectivity index (χ0) is 36.3. The van der Waals surface area contributed by atoms with Gasteiger partial charge in [0.05, 0.1) is 36.3 Å². The van der Waals surface area contributed by atoms with Crippen molar-refractivity contribution < 1.29 is 39.5 Å². The summed E-state index contributed by atoms with van der Waals surface area (Å²) in [7, 11) is 1.46. The van der Waals surface area contributed by atoms with E-state index < -0.39 is 17.7 Å². The lowest BCUT2D eigenvalue weighted by Crippen LogP contribution is -2.54. The fourth-order valence-electron chi connectivity index (χ4n) is 6.45. The van der Waals surface area contributed by atoms with Crippen molar-refractivity contribution in [2.24, 2.45) is 5.92 Å². The molecule has 3 amide bonds. The van der Waals surface area contributed by atoms with Gasteiger partial charge in [-0.05, 0) is 44.7 Å². The third-order valence-corrected chi connectivity index (χ3v) is 10.5. The number of methoxy groups -OCH3 is 1. The number of aryl methyl sites for hydroxylation is 1. The van der Waals surface area contributed by atoms with Crippen LogP contribution in [-0.2, 0) is 4.79 Å². The maximum atomic E-state index is 13.8. The molecule has 4 heterocycles. The first-order valence-corrected chi connectivity index (χ1v) is 17.7. The van der Waals surface area contributed by atoms with Crippen LogP contribution in [0.3, 0.4) is 0 Å². The topological polar surface area (TPSA) is 226 Å². The lowest BCUT2D eigenvalue weighted by molar-refractivity contribution is -0.323. The van der Waals surface area contributed by atoms with Gasteiger partial charge in [-0.2, -0.15) is 0 Å². The van der Waals surface area contributed by atoms with E-state index in [1.54, 1.807) is 30.4 Å². The number of hydrogen-bond donors (Lipinski definition) is 7. The fourth-order valence-corrected chi connectivity index (χ4v) is 7.51. The molecule has 2 aliphatic heterocycles. The molecular weight excluding hydrogens is 682 g/mol.